The molecule has 43 heavy (non-hydrogen) atoms. The van der Waals surface area contributed by atoms with Gasteiger partial charge in [0.05, 0.1) is 11.7 Å². The number of aromatic nitrogens is 2. The number of nitrogens with one attached hydrogen (secondary N) is 1. The number of carbonyl (C=O) groups is 1. The maximum absolute atomic E-state index is 14.6. The number of sulfonamides is 1. The Kier molecular flexibility index (Phi) is 6.37. The molecule has 4 bridgehead atoms. The number of rotatable bonds is 9. The van der Waals surface area contributed by atoms with Crippen LogP contribution in [-0.2, 0) is 20.2 Å². The Morgan fingerprint density at radius 1 is 1.00 bits per heavy atom. The van der Waals surface area contributed by atoms with E-state index in [-0.39, 0.29) is 22.7 Å². The summed E-state index contributed by atoms with van der Waals surface area (Å²) in [5.74, 6) is 1.80. The van der Waals surface area contributed by atoms with E-state index in [4.69, 9.17) is 9.51 Å². The maximum atomic E-state index is 14.6. The molecule has 6 aliphatic carbocycles. The highest BCUT2D eigenvalue weighted by atomic mass is 32.2. The van der Waals surface area contributed by atoms with Crippen LogP contribution in [-0.4, -0.2) is 42.9 Å². The van der Waals surface area contributed by atoms with E-state index < -0.39 is 21.1 Å². The Balaban J connectivity index is 1.15. The first kappa shape index (κ1) is 28.5. The lowest BCUT2D eigenvalue weighted by Gasteiger charge is -2.65. The normalized spacial score (nSPS) is 30.9. The quantitative estimate of drug-likeness (QED) is 0.289. The minimum Gasteiger partial charge on any atom is -0.339 e. The Morgan fingerprint density at radius 2 is 1.65 bits per heavy atom. The fraction of sp³-hybridized carbons (Fsp3) is 0.545. The third kappa shape index (κ3) is 4.95. The number of nitrogens with zero attached hydrogens (tertiary/aromatic N) is 3. The first-order valence-electron chi connectivity index (χ1n) is 15.3. The molecule has 6 aliphatic rings. The summed E-state index contributed by atoms with van der Waals surface area (Å²) in [6, 6.07) is 15.2. The number of benzene rings is 2. The molecule has 8 nitrogen and oxygen atoms in total. The summed E-state index contributed by atoms with van der Waals surface area (Å²) in [6.45, 7) is 4.76. The summed E-state index contributed by atoms with van der Waals surface area (Å²) in [4.78, 5) is 20.9. The largest absolute Gasteiger partial charge is 0.339 e. The summed E-state index contributed by atoms with van der Waals surface area (Å²) in [7, 11) is -3.37. The Morgan fingerprint density at radius 3 is 2.21 bits per heavy atom. The van der Waals surface area contributed by atoms with Gasteiger partial charge in [0.1, 0.15) is 5.67 Å². The molecule has 1 aromatic heterocycles. The molecule has 6 saturated carbocycles. The number of hydrogen-bond donors (Lipinski definition) is 1. The van der Waals surface area contributed by atoms with Crippen molar-refractivity contribution >= 4 is 27.3 Å². The van der Waals surface area contributed by atoms with Gasteiger partial charge < -0.3 is 9.42 Å². The van der Waals surface area contributed by atoms with Gasteiger partial charge in [-0.05, 0) is 98.6 Å². The molecule has 0 aliphatic heterocycles. The molecule has 1 amide bonds. The van der Waals surface area contributed by atoms with Gasteiger partial charge in [-0.1, -0.05) is 43.3 Å². The molecule has 228 valence electrons. The third-order valence-corrected chi connectivity index (χ3v) is 11.3. The summed E-state index contributed by atoms with van der Waals surface area (Å²) < 4.78 is 46.1. The van der Waals surface area contributed by atoms with Crippen LogP contribution in [0, 0.1) is 10.8 Å². The zero-order chi connectivity index (χ0) is 30.3. The molecule has 0 radical (unpaired) electrons. The van der Waals surface area contributed by atoms with Crippen molar-refractivity contribution in [3.63, 3.8) is 0 Å². The maximum Gasteiger partial charge on any atom is 0.233 e. The predicted octanol–water partition coefficient (Wildman–Crippen LogP) is 6.75. The lowest BCUT2D eigenvalue weighted by atomic mass is 9.41. The number of halogens is 1. The van der Waals surface area contributed by atoms with Gasteiger partial charge in [0, 0.05) is 29.3 Å². The fourth-order valence-corrected chi connectivity index (χ4v) is 8.66. The van der Waals surface area contributed by atoms with E-state index in [0.29, 0.717) is 31.5 Å². The van der Waals surface area contributed by atoms with Crippen LogP contribution in [0.2, 0.25) is 0 Å². The lowest BCUT2D eigenvalue weighted by molar-refractivity contribution is -0.211. The zero-order valence-corrected chi connectivity index (χ0v) is 25.8. The Hall–Kier alpha value is -3.27. The number of hydrogen-bond acceptors (Lipinski definition) is 6. The average molecular weight is 607 g/mol. The number of anilines is 2. The van der Waals surface area contributed by atoms with E-state index in [1.807, 2.05) is 41.3 Å². The fourth-order valence-electron chi connectivity index (χ4n) is 8.10. The summed E-state index contributed by atoms with van der Waals surface area (Å²) in [5.41, 5.74) is 1.35. The molecule has 9 rings (SSSR count). The highest BCUT2D eigenvalue weighted by Crippen LogP contribution is 2.70. The highest BCUT2D eigenvalue weighted by molar-refractivity contribution is 7.92. The van der Waals surface area contributed by atoms with Gasteiger partial charge in [0.2, 0.25) is 21.8 Å². The van der Waals surface area contributed by atoms with Gasteiger partial charge in [-0.2, -0.15) is 4.98 Å². The Bertz CT molecular complexity index is 1640. The molecule has 10 heteroatoms. The summed E-state index contributed by atoms with van der Waals surface area (Å²) >= 11 is 0. The van der Waals surface area contributed by atoms with Crippen LogP contribution in [0.25, 0.3) is 11.1 Å². The zero-order valence-electron chi connectivity index (χ0n) is 25.0. The lowest BCUT2D eigenvalue weighted by Crippen LogP contribution is -2.71. The van der Waals surface area contributed by atoms with Crippen LogP contribution < -0.4 is 9.62 Å². The van der Waals surface area contributed by atoms with Crippen molar-refractivity contribution in [2.75, 3.05) is 22.4 Å². The van der Waals surface area contributed by atoms with Crippen LogP contribution in [0.15, 0.2) is 53.1 Å². The van der Waals surface area contributed by atoms with Gasteiger partial charge in [-0.3, -0.25) is 9.52 Å². The van der Waals surface area contributed by atoms with Crippen molar-refractivity contribution in [3.05, 3.63) is 60.2 Å². The molecular weight excluding hydrogens is 567 g/mol. The minimum atomic E-state index is -3.37. The second-order valence-corrected chi connectivity index (χ2v) is 16.0. The number of amides is 1. The second kappa shape index (κ2) is 9.61. The van der Waals surface area contributed by atoms with Crippen molar-refractivity contribution in [3.8, 4) is 11.1 Å². The van der Waals surface area contributed by atoms with Crippen LogP contribution in [0.4, 0.5) is 15.8 Å². The molecule has 3 aromatic rings. The third-order valence-electron chi connectivity index (χ3n) is 10.7. The van der Waals surface area contributed by atoms with Gasteiger partial charge in [-0.25, -0.2) is 12.8 Å². The monoisotopic (exact) mass is 606 g/mol. The van der Waals surface area contributed by atoms with E-state index in [2.05, 4.69) is 23.7 Å². The first-order chi connectivity index (χ1) is 20.3. The summed E-state index contributed by atoms with van der Waals surface area (Å²) in [5, 5.41) is 4.24. The molecule has 1 N–H and O–H groups in total. The molecule has 1 heterocycles. The van der Waals surface area contributed by atoms with Gasteiger partial charge in [0.25, 0.3) is 0 Å². The van der Waals surface area contributed by atoms with Crippen molar-refractivity contribution < 1.29 is 22.1 Å². The highest BCUT2D eigenvalue weighted by Gasteiger charge is 2.73. The van der Waals surface area contributed by atoms with Gasteiger partial charge in [-0.15, -0.1) is 0 Å². The molecule has 2 aromatic carbocycles. The molecule has 0 unspecified atom stereocenters. The SMILES string of the molecule is CC(C)c1noc(C23CCC(CN(C(=O)C45CC(F)(C4)C5)c4cccc(-c5ccc(NS(C)(=O)=O)cc5)c4)(CC2)CC3)n1. The van der Waals surface area contributed by atoms with Crippen LogP contribution in [0.5, 0.6) is 0 Å². The van der Waals surface area contributed by atoms with Gasteiger partial charge in [0.15, 0.2) is 5.82 Å². The molecule has 6 fully saturated rings. The first-order valence-corrected chi connectivity index (χ1v) is 17.2. The Labute approximate surface area is 252 Å². The summed E-state index contributed by atoms with van der Waals surface area (Å²) in [6.07, 6.45) is 7.92. The molecule has 0 spiro atoms. The van der Waals surface area contributed by atoms with E-state index in [1.54, 1.807) is 12.1 Å². The van der Waals surface area contributed by atoms with Crippen LogP contribution in [0.3, 0.4) is 0 Å². The predicted molar refractivity (Wildman–Crippen MR) is 163 cm³/mol. The molecular formula is C33H39FN4O4S. The van der Waals surface area contributed by atoms with E-state index in [9.17, 15) is 17.6 Å². The molecule has 0 saturated heterocycles. The van der Waals surface area contributed by atoms with E-state index in [1.165, 1.54) is 0 Å². The average Bonchev–Trinajstić information content (AvgIpc) is 3.46. The van der Waals surface area contributed by atoms with Crippen molar-refractivity contribution in [2.24, 2.45) is 10.8 Å². The van der Waals surface area contributed by atoms with Gasteiger partial charge >= 0.3 is 0 Å². The minimum absolute atomic E-state index is 0.00971. The number of fused-ring (bicyclic) bond motifs is 3. The van der Waals surface area contributed by atoms with E-state index >= 15 is 0 Å². The topological polar surface area (TPSA) is 105 Å². The standard InChI is InChI=1S/C33H39FN4O4S/c1-22(2)27-35-28(42-36-27)31-14-11-30(12-15-31,13-16-31)21-38(29(39)32-18-33(34,19-32)20-32)26-6-4-5-24(17-26)23-7-9-25(10-8-23)37-43(3,40)41/h4-10,17,22,37H,11-16,18-21H2,1-3H3. The van der Waals surface area contributed by atoms with Crippen molar-refractivity contribution in [1.82, 2.24) is 10.1 Å². The van der Waals surface area contributed by atoms with Crippen LogP contribution in [0.1, 0.15) is 89.3 Å². The van der Waals surface area contributed by atoms with E-state index in [0.717, 1.165) is 73.3 Å². The van der Waals surface area contributed by atoms with Crippen LogP contribution >= 0.6 is 0 Å². The second-order valence-electron chi connectivity index (χ2n) is 14.2. The number of carbonyl (C=O) groups excluding carboxylic acids is 1. The molecule has 0 atom stereocenters. The number of alkyl halides is 1. The smallest absolute Gasteiger partial charge is 0.233 e. The van der Waals surface area contributed by atoms with Crippen molar-refractivity contribution in [1.29, 1.82) is 0 Å². The van der Waals surface area contributed by atoms with Crippen molar-refractivity contribution in [2.45, 2.75) is 88.6 Å².